The molecule has 4 atom stereocenters. The smallest absolute Gasteiger partial charge is 0.303 e. The Labute approximate surface area is 194 Å². The molecule has 0 aliphatic carbocycles. The molecule has 0 aromatic heterocycles. The van der Waals surface area contributed by atoms with E-state index in [9.17, 15) is 19.2 Å². The Morgan fingerprint density at radius 2 is 1.23 bits per heavy atom. The first-order valence-corrected chi connectivity index (χ1v) is 9.85. The van der Waals surface area contributed by atoms with Crippen LogP contribution in [0.1, 0.15) is 34.6 Å². The van der Waals surface area contributed by atoms with Gasteiger partial charge in [0, 0.05) is 27.7 Å². The zero-order chi connectivity index (χ0) is 24.4. The van der Waals surface area contributed by atoms with Gasteiger partial charge in [0.15, 0.2) is 6.10 Å². The van der Waals surface area contributed by atoms with Gasteiger partial charge in [-0.3, -0.25) is 24.6 Å². The van der Waals surface area contributed by atoms with Crippen molar-refractivity contribution in [2.75, 3.05) is 13.2 Å². The van der Waals surface area contributed by atoms with Crippen LogP contribution in [0.25, 0.3) is 0 Å². The summed E-state index contributed by atoms with van der Waals surface area (Å²) in [5, 5.41) is 7.78. The molecule has 0 radical (unpaired) electrons. The summed E-state index contributed by atoms with van der Waals surface area (Å²) in [5.41, 5.74) is 0. The molecular formula is C17H24Cl3NO10. The van der Waals surface area contributed by atoms with Crippen LogP contribution in [0.3, 0.4) is 0 Å². The highest BCUT2D eigenvalue weighted by Gasteiger charge is 2.39. The lowest BCUT2D eigenvalue weighted by Gasteiger charge is -2.32. The Kier molecular flexibility index (Phi) is 12.8. The monoisotopic (exact) mass is 507 g/mol. The first-order valence-electron chi connectivity index (χ1n) is 8.72. The van der Waals surface area contributed by atoms with Crippen molar-refractivity contribution >= 4 is 64.6 Å². The Morgan fingerprint density at radius 3 is 1.61 bits per heavy atom. The quantitative estimate of drug-likeness (QED) is 0.110. The molecule has 0 aliphatic rings. The van der Waals surface area contributed by atoms with Crippen molar-refractivity contribution in [3.05, 3.63) is 0 Å². The van der Waals surface area contributed by atoms with Crippen molar-refractivity contribution in [3.63, 3.8) is 0 Å². The minimum atomic E-state index is -2.31. The highest BCUT2D eigenvalue weighted by Crippen LogP contribution is 2.29. The second-order valence-corrected chi connectivity index (χ2v) is 8.34. The molecule has 0 rings (SSSR count). The normalized spacial score (nSPS) is 15.0. The fourth-order valence-corrected chi connectivity index (χ4v) is 2.08. The van der Waals surface area contributed by atoms with Gasteiger partial charge >= 0.3 is 23.9 Å². The third-order valence-corrected chi connectivity index (χ3v) is 3.71. The van der Waals surface area contributed by atoms with Gasteiger partial charge in [0.2, 0.25) is 12.2 Å². The molecule has 178 valence electrons. The van der Waals surface area contributed by atoms with Crippen LogP contribution in [0.5, 0.6) is 0 Å². The minimum absolute atomic E-state index is 0.412. The van der Waals surface area contributed by atoms with Crippen molar-refractivity contribution in [1.82, 2.24) is 0 Å². The number of carbonyl (C=O) groups excluding carboxylic acids is 4. The molecule has 2 unspecified atom stereocenters. The summed E-state index contributed by atoms with van der Waals surface area (Å²) < 4.78 is 28.4. The summed E-state index contributed by atoms with van der Waals surface area (Å²) in [5.74, 6) is -3.75. The molecule has 0 amide bonds. The van der Waals surface area contributed by atoms with Crippen LogP contribution < -0.4 is 0 Å². The Bertz CT molecular complexity index is 667. The summed E-state index contributed by atoms with van der Waals surface area (Å²) in [7, 11) is 0. The van der Waals surface area contributed by atoms with Crippen molar-refractivity contribution in [3.8, 4) is 0 Å². The molecule has 0 aliphatic heterocycles. The van der Waals surface area contributed by atoms with E-state index < -0.39 is 71.4 Å². The zero-order valence-electron chi connectivity index (χ0n) is 17.4. The molecule has 0 saturated carbocycles. The molecule has 1 N–H and O–H groups in total. The topological polar surface area (TPSA) is 148 Å². The Balaban J connectivity index is 5.90. The van der Waals surface area contributed by atoms with Crippen molar-refractivity contribution < 1.29 is 47.6 Å². The minimum Gasteiger partial charge on any atom is -0.463 e. The number of nitrogens with one attached hydrogen (secondary N) is 1. The summed E-state index contributed by atoms with van der Waals surface area (Å²) in [6.45, 7) is 4.93. The maximum Gasteiger partial charge on any atom is 0.303 e. The van der Waals surface area contributed by atoms with Crippen LogP contribution in [0, 0.1) is 5.41 Å². The highest BCUT2D eigenvalue weighted by atomic mass is 35.6. The molecule has 0 bridgehead atoms. The molecule has 0 spiro atoms. The van der Waals surface area contributed by atoms with Gasteiger partial charge in [0.25, 0.3) is 3.79 Å². The number of esters is 4. The zero-order valence-corrected chi connectivity index (χ0v) is 19.7. The van der Waals surface area contributed by atoms with E-state index in [1.165, 1.54) is 6.92 Å². The molecule has 0 saturated heterocycles. The van der Waals surface area contributed by atoms with Crippen LogP contribution in [-0.4, -0.2) is 71.4 Å². The van der Waals surface area contributed by atoms with E-state index in [1.54, 1.807) is 0 Å². The number of alkyl halides is 3. The number of hydrogen-bond donors (Lipinski definition) is 1. The second kappa shape index (κ2) is 13.6. The van der Waals surface area contributed by atoms with E-state index in [1.807, 2.05) is 0 Å². The van der Waals surface area contributed by atoms with Gasteiger partial charge in [0.05, 0.1) is 0 Å². The van der Waals surface area contributed by atoms with Crippen LogP contribution in [-0.2, 0) is 47.6 Å². The van der Waals surface area contributed by atoms with Gasteiger partial charge < -0.3 is 28.4 Å². The van der Waals surface area contributed by atoms with Crippen LogP contribution in [0.15, 0.2) is 0 Å². The first-order chi connectivity index (χ1) is 14.1. The molecule has 11 nitrogen and oxygen atoms in total. The summed E-state index contributed by atoms with van der Waals surface area (Å²) >= 11 is 16.9. The Hall–Kier alpha value is -1.82. The standard InChI is InChI=1S/C17H24Cl3NO10/c1-8(28-11(4)24)13(6-26-9(2)22)30-15(31-16(21)17(18,19)20)14(29-12(5)25)7-27-10(3)23/h8,13-15,21H,6-7H2,1-5H3/t8-,13?,14?,15-/m1/s1. The number of rotatable bonds is 11. The molecule has 0 aromatic rings. The average molecular weight is 509 g/mol. The van der Waals surface area contributed by atoms with Crippen LogP contribution >= 0.6 is 34.8 Å². The van der Waals surface area contributed by atoms with Gasteiger partial charge in [-0.05, 0) is 6.92 Å². The summed E-state index contributed by atoms with van der Waals surface area (Å²) in [4.78, 5) is 45.3. The Morgan fingerprint density at radius 1 is 0.774 bits per heavy atom. The predicted molar refractivity (Wildman–Crippen MR) is 108 cm³/mol. The molecule has 0 heterocycles. The fourth-order valence-electron chi connectivity index (χ4n) is 1.95. The molecule has 31 heavy (non-hydrogen) atoms. The third-order valence-electron chi connectivity index (χ3n) is 3.20. The summed E-state index contributed by atoms with van der Waals surface area (Å²) in [6.07, 6.45) is -5.28. The molecular weight excluding hydrogens is 485 g/mol. The van der Waals surface area contributed by atoms with E-state index in [2.05, 4.69) is 0 Å². The van der Waals surface area contributed by atoms with E-state index in [0.29, 0.717) is 0 Å². The largest absolute Gasteiger partial charge is 0.463 e. The van der Waals surface area contributed by atoms with E-state index in [-0.39, 0.29) is 0 Å². The lowest BCUT2D eigenvalue weighted by atomic mass is 10.2. The van der Waals surface area contributed by atoms with Crippen LogP contribution in [0.2, 0.25) is 0 Å². The maximum atomic E-state index is 11.5. The lowest BCUT2D eigenvalue weighted by Crippen LogP contribution is -2.47. The van der Waals surface area contributed by atoms with Crippen molar-refractivity contribution in [2.45, 2.75) is 63.0 Å². The van der Waals surface area contributed by atoms with E-state index in [4.69, 9.17) is 68.6 Å². The van der Waals surface area contributed by atoms with Gasteiger partial charge in [-0.15, -0.1) is 0 Å². The average Bonchev–Trinajstić information content (AvgIpc) is 2.58. The molecule has 0 fully saturated rings. The van der Waals surface area contributed by atoms with Crippen molar-refractivity contribution in [2.24, 2.45) is 0 Å². The second-order valence-electron chi connectivity index (χ2n) is 6.06. The molecule has 14 heteroatoms. The predicted octanol–water partition coefficient (Wildman–Crippen LogP) is 2.07. The lowest BCUT2D eigenvalue weighted by molar-refractivity contribution is -0.229. The van der Waals surface area contributed by atoms with Gasteiger partial charge in [0.1, 0.15) is 25.4 Å². The fraction of sp³-hybridized carbons (Fsp3) is 0.706. The number of halogens is 3. The van der Waals surface area contributed by atoms with E-state index in [0.717, 1.165) is 27.7 Å². The van der Waals surface area contributed by atoms with Gasteiger partial charge in [-0.2, -0.15) is 0 Å². The first kappa shape index (κ1) is 29.2. The van der Waals surface area contributed by atoms with Gasteiger partial charge in [-0.1, -0.05) is 34.8 Å². The van der Waals surface area contributed by atoms with E-state index >= 15 is 0 Å². The highest BCUT2D eigenvalue weighted by molar-refractivity contribution is 6.76. The summed E-state index contributed by atoms with van der Waals surface area (Å²) in [6, 6.07) is 0. The van der Waals surface area contributed by atoms with Crippen LogP contribution in [0.4, 0.5) is 0 Å². The number of hydrogen-bond acceptors (Lipinski definition) is 11. The molecule has 0 aromatic carbocycles. The number of carbonyl (C=O) groups is 4. The maximum absolute atomic E-state index is 11.5. The SMILES string of the molecule is CC(=O)OCC(OC(C)=O)[C@@H](OC(=N)C(Cl)(Cl)Cl)OC(COC(C)=O)[C@@H](C)OC(C)=O. The number of ether oxygens (including phenoxy) is 6. The van der Waals surface area contributed by atoms with Crippen molar-refractivity contribution in [1.29, 1.82) is 5.41 Å². The third kappa shape index (κ3) is 13.2. The van der Waals surface area contributed by atoms with Gasteiger partial charge in [-0.25, -0.2) is 0 Å².